The molecule has 7 heteroatoms. The van der Waals surface area contributed by atoms with Gasteiger partial charge < -0.3 is 25.0 Å². The van der Waals surface area contributed by atoms with E-state index in [1.165, 1.54) is 0 Å². The normalized spacial score (nSPS) is 12.6. The highest BCUT2D eigenvalue weighted by Gasteiger charge is 2.13. The number of carbonyl (C=O) groups excluding carboxylic acids is 1. The molecule has 1 atom stereocenters. The first-order valence-electron chi connectivity index (χ1n) is 9.84. The molecule has 2 N–H and O–H groups in total. The van der Waals surface area contributed by atoms with E-state index in [9.17, 15) is 4.79 Å². The molecule has 0 aliphatic carbocycles. The van der Waals surface area contributed by atoms with Gasteiger partial charge in [-0.25, -0.2) is 4.99 Å². The van der Waals surface area contributed by atoms with Gasteiger partial charge in [0.25, 0.3) is 0 Å². The molecule has 158 valence electrons. The van der Waals surface area contributed by atoms with Crippen molar-refractivity contribution in [2.45, 2.75) is 39.8 Å². The van der Waals surface area contributed by atoms with E-state index in [0.29, 0.717) is 31.6 Å². The largest absolute Gasteiger partial charge is 0.497 e. The molecule has 0 fully saturated rings. The lowest BCUT2D eigenvalue weighted by Crippen LogP contribution is -2.44. The maximum atomic E-state index is 11.9. The van der Waals surface area contributed by atoms with Crippen LogP contribution in [0.25, 0.3) is 0 Å². The number of guanidine groups is 1. The van der Waals surface area contributed by atoms with Crippen molar-refractivity contribution in [3.63, 3.8) is 0 Å². The number of likely N-dealkylation sites (N-methyl/N-ethyl adjacent to an activating group) is 1. The van der Waals surface area contributed by atoms with E-state index in [1.807, 2.05) is 31.2 Å². The van der Waals surface area contributed by atoms with Gasteiger partial charge in [-0.1, -0.05) is 26.0 Å². The molecule has 0 saturated carbocycles. The molecule has 0 radical (unpaired) electrons. The quantitative estimate of drug-likeness (QED) is 0.446. The Morgan fingerprint density at radius 3 is 2.39 bits per heavy atom. The zero-order valence-corrected chi connectivity index (χ0v) is 18.1. The third kappa shape index (κ3) is 9.08. The lowest BCUT2D eigenvalue weighted by atomic mass is 10.0. The van der Waals surface area contributed by atoms with E-state index in [0.717, 1.165) is 17.7 Å². The number of benzene rings is 1. The third-order valence-electron chi connectivity index (χ3n) is 4.33. The molecule has 1 aromatic carbocycles. The number of carbonyl (C=O) groups is 1. The zero-order valence-electron chi connectivity index (χ0n) is 18.1. The Morgan fingerprint density at radius 2 is 1.86 bits per heavy atom. The third-order valence-corrected chi connectivity index (χ3v) is 4.33. The minimum absolute atomic E-state index is 0.00618. The van der Waals surface area contributed by atoms with Gasteiger partial charge in [-0.3, -0.25) is 4.79 Å². The monoisotopic (exact) mass is 392 g/mol. The number of hydrogen-bond acceptors (Lipinski definition) is 4. The standard InChI is InChI=1S/C21H36N4O3/c1-7-28-19(16(2)3)12-13-22-21(24-15-20(26)25(4)5)23-14-17-8-10-18(27-6)11-9-17/h8-11,16,19H,7,12-15H2,1-6H3,(H2,22,23,24). The molecule has 0 bridgehead atoms. The number of amides is 1. The Kier molecular flexibility index (Phi) is 11.0. The van der Waals surface area contributed by atoms with Gasteiger partial charge in [0.1, 0.15) is 5.75 Å². The Bertz CT molecular complexity index is 600. The molecule has 0 aliphatic rings. The molecule has 0 saturated heterocycles. The van der Waals surface area contributed by atoms with Gasteiger partial charge in [-0.15, -0.1) is 0 Å². The van der Waals surface area contributed by atoms with Crippen molar-refractivity contribution in [1.82, 2.24) is 15.5 Å². The minimum atomic E-state index is -0.00618. The van der Waals surface area contributed by atoms with Crippen molar-refractivity contribution in [2.75, 3.05) is 40.9 Å². The van der Waals surface area contributed by atoms with Crippen LogP contribution < -0.4 is 15.4 Å². The van der Waals surface area contributed by atoms with E-state index in [2.05, 4.69) is 29.5 Å². The summed E-state index contributed by atoms with van der Waals surface area (Å²) in [5.74, 6) is 1.87. The Morgan fingerprint density at radius 1 is 1.18 bits per heavy atom. The van der Waals surface area contributed by atoms with Crippen LogP contribution in [-0.4, -0.2) is 63.8 Å². The topological polar surface area (TPSA) is 75.2 Å². The summed E-state index contributed by atoms with van der Waals surface area (Å²) in [7, 11) is 5.12. The van der Waals surface area contributed by atoms with E-state index < -0.39 is 0 Å². The van der Waals surface area contributed by atoms with E-state index in [1.54, 1.807) is 26.1 Å². The predicted octanol–water partition coefficient (Wildman–Crippen LogP) is 2.27. The second-order valence-corrected chi connectivity index (χ2v) is 7.11. The van der Waals surface area contributed by atoms with Gasteiger partial charge in [0.05, 0.1) is 26.3 Å². The Balaban J connectivity index is 2.69. The van der Waals surface area contributed by atoms with Gasteiger partial charge in [-0.2, -0.15) is 0 Å². The van der Waals surface area contributed by atoms with Crippen LogP contribution in [0.1, 0.15) is 32.8 Å². The van der Waals surface area contributed by atoms with Crippen LogP contribution in [0.15, 0.2) is 29.3 Å². The molecule has 1 aromatic rings. The first-order chi connectivity index (χ1) is 13.4. The molecule has 0 aromatic heterocycles. The fourth-order valence-corrected chi connectivity index (χ4v) is 2.55. The van der Waals surface area contributed by atoms with Crippen molar-refractivity contribution in [3.05, 3.63) is 29.8 Å². The van der Waals surface area contributed by atoms with Crippen molar-refractivity contribution < 1.29 is 14.3 Å². The summed E-state index contributed by atoms with van der Waals surface area (Å²) in [6, 6.07) is 7.79. The molecule has 0 heterocycles. The summed E-state index contributed by atoms with van der Waals surface area (Å²) in [5, 5.41) is 6.42. The molecule has 0 spiro atoms. The zero-order chi connectivity index (χ0) is 20.9. The fourth-order valence-electron chi connectivity index (χ4n) is 2.55. The van der Waals surface area contributed by atoms with Crippen molar-refractivity contribution in [3.8, 4) is 5.75 Å². The highest BCUT2D eigenvalue weighted by molar-refractivity contribution is 5.86. The molecule has 1 rings (SSSR count). The summed E-state index contributed by atoms with van der Waals surface area (Å²) in [6.45, 7) is 8.46. The minimum Gasteiger partial charge on any atom is -0.497 e. The Hall–Kier alpha value is -2.28. The average molecular weight is 393 g/mol. The molecule has 28 heavy (non-hydrogen) atoms. The number of rotatable bonds is 11. The van der Waals surface area contributed by atoms with Gasteiger partial charge >= 0.3 is 0 Å². The number of aliphatic imine (C=N–C) groups is 1. The number of hydrogen-bond donors (Lipinski definition) is 2. The molecular formula is C21H36N4O3. The molecule has 7 nitrogen and oxygen atoms in total. The second-order valence-electron chi connectivity index (χ2n) is 7.11. The number of nitrogens with one attached hydrogen (secondary N) is 2. The summed E-state index contributed by atoms with van der Waals surface area (Å²) < 4.78 is 11.0. The summed E-state index contributed by atoms with van der Waals surface area (Å²) in [6.07, 6.45) is 1.07. The Labute approximate surface area is 169 Å². The molecule has 0 aliphatic heterocycles. The van der Waals surface area contributed by atoms with Crippen LogP contribution in [-0.2, 0) is 16.1 Å². The number of nitrogens with zero attached hydrogens (tertiary/aromatic N) is 2. The summed E-state index contributed by atoms with van der Waals surface area (Å²) >= 11 is 0. The summed E-state index contributed by atoms with van der Waals surface area (Å²) in [5.41, 5.74) is 1.07. The molecule has 1 amide bonds. The highest BCUT2D eigenvalue weighted by Crippen LogP contribution is 2.12. The van der Waals surface area contributed by atoms with E-state index in [4.69, 9.17) is 9.47 Å². The van der Waals surface area contributed by atoms with Crippen LogP contribution in [0, 0.1) is 5.92 Å². The van der Waals surface area contributed by atoms with Gasteiger partial charge in [0.15, 0.2) is 5.96 Å². The first-order valence-corrected chi connectivity index (χ1v) is 9.84. The predicted molar refractivity (Wildman–Crippen MR) is 114 cm³/mol. The van der Waals surface area contributed by atoms with Crippen LogP contribution in [0.2, 0.25) is 0 Å². The fraction of sp³-hybridized carbons (Fsp3) is 0.619. The first kappa shape index (κ1) is 23.8. The lowest BCUT2D eigenvalue weighted by Gasteiger charge is -2.22. The maximum Gasteiger partial charge on any atom is 0.241 e. The SMILES string of the molecule is CCOC(CCNC(=NCc1ccc(OC)cc1)NCC(=O)N(C)C)C(C)C. The van der Waals surface area contributed by atoms with Crippen LogP contribution in [0.5, 0.6) is 5.75 Å². The smallest absolute Gasteiger partial charge is 0.241 e. The highest BCUT2D eigenvalue weighted by atomic mass is 16.5. The van der Waals surface area contributed by atoms with Gasteiger partial charge in [0.2, 0.25) is 5.91 Å². The van der Waals surface area contributed by atoms with Crippen LogP contribution in [0.3, 0.4) is 0 Å². The van der Waals surface area contributed by atoms with Gasteiger partial charge in [-0.05, 0) is 37.0 Å². The molecular weight excluding hydrogens is 356 g/mol. The average Bonchev–Trinajstić information content (AvgIpc) is 2.68. The van der Waals surface area contributed by atoms with Crippen LogP contribution >= 0.6 is 0 Å². The number of ether oxygens (including phenoxy) is 2. The van der Waals surface area contributed by atoms with Crippen molar-refractivity contribution in [1.29, 1.82) is 0 Å². The van der Waals surface area contributed by atoms with E-state index >= 15 is 0 Å². The maximum absolute atomic E-state index is 11.9. The van der Waals surface area contributed by atoms with Crippen LogP contribution in [0.4, 0.5) is 0 Å². The summed E-state index contributed by atoms with van der Waals surface area (Å²) in [4.78, 5) is 18.1. The van der Waals surface area contributed by atoms with Crippen molar-refractivity contribution >= 4 is 11.9 Å². The second kappa shape index (κ2) is 13.0. The number of methoxy groups -OCH3 is 1. The lowest BCUT2D eigenvalue weighted by molar-refractivity contribution is -0.127. The van der Waals surface area contributed by atoms with Gasteiger partial charge in [0, 0.05) is 27.2 Å². The van der Waals surface area contributed by atoms with Crippen molar-refractivity contribution in [2.24, 2.45) is 10.9 Å². The molecule has 1 unspecified atom stereocenters. The van der Waals surface area contributed by atoms with E-state index in [-0.39, 0.29) is 18.6 Å².